The first-order valence-corrected chi connectivity index (χ1v) is 4.47. The Morgan fingerprint density at radius 2 is 2.08 bits per heavy atom. The summed E-state index contributed by atoms with van der Waals surface area (Å²) < 4.78 is 12.9. The van der Waals surface area contributed by atoms with Crippen LogP contribution in [0, 0.1) is 5.82 Å². The summed E-state index contributed by atoms with van der Waals surface area (Å²) in [6.45, 7) is 0. The molecule has 0 bridgehead atoms. The number of halogens is 2. The molecule has 0 atom stereocenters. The molecule has 0 amide bonds. The average Bonchev–Trinajstić information content (AvgIpc) is 2.03. The standard InChI is InChI=1S/C7H7BBrFO2/c9-4-5-1-2-6(8(11)12)7(10)3-5/h1-3,11-12H,4H2. The summed E-state index contributed by atoms with van der Waals surface area (Å²) in [7, 11) is -1.74. The number of alkyl halides is 1. The summed E-state index contributed by atoms with van der Waals surface area (Å²) in [5.41, 5.74) is 0.664. The highest BCUT2D eigenvalue weighted by molar-refractivity contribution is 9.08. The van der Waals surface area contributed by atoms with Crippen molar-refractivity contribution in [3.05, 3.63) is 29.6 Å². The zero-order valence-corrected chi connectivity index (χ0v) is 7.75. The lowest BCUT2D eigenvalue weighted by Gasteiger charge is -2.02. The molecular formula is C7H7BBrFO2. The maximum Gasteiger partial charge on any atom is 0.491 e. The molecule has 5 heteroatoms. The third-order valence-electron chi connectivity index (χ3n) is 1.50. The average molecular weight is 233 g/mol. The quantitative estimate of drug-likeness (QED) is 0.573. The zero-order valence-electron chi connectivity index (χ0n) is 6.17. The first-order valence-electron chi connectivity index (χ1n) is 3.35. The second-order valence-electron chi connectivity index (χ2n) is 2.36. The molecule has 0 aliphatic carbocycles. The van der Waals surface area contributed by atoms with E-state index in [-0.39, 0.29) is 5.46 Å². The van der Waals surface area contributed by atoms with Gasteiger partial charge in [-0.3, -0.25) is 0 Å². The van der Waals surface area contributed by atoms with Crippen LogP contribution in [-0.4, -0.2) is 17.2 Å². The molecule has 0 spiro atoms. The summed E-state index contributed by atoms with van der Waals surface area (Å²) in [5.74, 6) is -0.595. The van der Waals surface area contributed by atoms with Gasteiger partial charge >= 0.3 is 7.12 Å². The molecule has 64 valence electrons. The van der Waals surface area contributed by atoms with Gasteiger partial charge in [-0.2, -0.15) is 0 Å². The van der Waals surface area contributed by atoms with Gasteiger partial charge < -0.3 is 10.0 Å². The van der Waals surface area contributed by atoms with Gasteiger partial charge in [0.2, 0.25) is 0 Å². The first kappa shape index (κ1) is 9.70. The molecule has 2 nitrogen and oxygen atoms in total. The lowest BCUT2D eigenvalue weighted by atomic mass is 9.79. The van der Waals surface area contributed by atoms with Gasteiger partial charge in [0.05, 0.1) is 0 Å². The third-order valence-corrected chi connectivity index (χ3v) is 2.14. The van der Waals surface area contributed by atoms with E-state index in [1.54, 1.807) is 6.07 Å². The molecule has 12 heavy (non-hydrogen) atoms. The predicted octanol–water partition coefficient (Wildman–Crippen LogP) is 0.400. The highest BCUT2D eigenvalue weighted by atomic mass is 79.9. The van der Waals surface area contributed by atoms with Gasteiger partial charge in [-0.25, -0.2) is 4.39 Å². The molecule has 1 aromatic carbocycles. The van der Waals surface area contributed by atoms with Crippen molar-refractivity contribution in [1.82, 2.24) is 0 Å². The van der Waals surface area contributed by atoms with Crippen molar-refractivity contribution in [3.63, 3.8) is 0 Å². The summed E-state index contributed by atoms with van der Waals surface area (Å²) in [6, 6.07) is 4.26. The molecule has 0 aromatic heterocycles. The minimum Gasteiger partial charge on any atom is -0.423 e. The van der Waals surface area contributed by atoms with Crippen LogP contribution in [0.4, 0.5) is 4.39 Å². The van der Waals surface area contributed by atoms with E-state index in [2.05, 4.69) is 15.9 Å². The van der Waals surface area contributed by atoms with Crippen LogP contribution in [0.5, 0.6) is 0 Å². The van der Waals surface area contributed by atoms with Crippen LogP contribution in [0.25, 0.3) is 0 Å². The Morgan fingerprint density at radius 3 is 2.50 bits per heavy atom. The van der Waals surface area contributed by atoms with Crippen molar-refractivity contribution < 1.29 is 14.4 Å². The summed E-state index contributed by atoms with van der Waals surface area (Å²) >= 11 is 3.16. The molecule has 0 unspecified atom stereocenters. The Balaban J connectivity index is 3.03. The van der Waals surface area contributed by atoms with Crippen LogP contribution in [-0.2, 0) is 5.33 Å². The van der Waals surface area contributed by atoms with Crippen molar-refractivity contribution in [1.29, 1.82) is 0 Å². The number of hydrogen-bond donors (Lipinski definition) is 2. The van der Waals surface area contributed by atoms with Crippen molar-refractivity contribution in [2.75, 3.05) is 0 Å². The Bertz CT molecular complexity index is 280. The Kier molecular flexibility index (Phi) is 3.25. The summed E-state index contributed by atoms with van der Waals surface area (Å²) in [5, 5.41) is 17.9. The van der Waals surface area contributed by atoms with Gasteiger partial charge in [0.15, 0.2) is 0 Å². The molecule has 0 aliphatic rings. The fourth-order valence-electron chi connectivity index (χ4n) is 0.863. The van der Waals surface area contributed by atoms with Crippen molar-refractivity contribution in [3.8, 4) is 0 Å². The van der Waals surface area contributed by atoms with Gasteiger partial charge in [-0.15, -0.1) is 0 Å². The van der Waals surface area contributed by atoms with Gasteiger partial charge in [0.25, 0.3) is 0 Å². The second kappa shape index (κ2) is 4.02. The number of rotatable bonds is 2. The number of benzene rings is 1. The molecule has 0 fully saturated rings. The highest BCUT2D eigenvalue weighted by Crippen LogP contribution is 2.06. The van der Waals surface area contributed by atoms with E-state index in [9.17, 15) is 4.39 Å². The normalized spacial score (nSPS) is 10.0. The summed E-state index contributed by atoms with van der Waals surface area (Å²) in [4.78, 5) is 0. The van der Waals surface area contributed by atoms with Gasteiger partial charge in [0.1, 0.15) is 5.82 Å². The Labute approximate surface area is 78.3 Å². The minimum absolute atomic E-state index is 0.0975. The van der Waals surface area contributed by atoms with Crippen molar-refractivity contribution in [2.45, 2.75) is 5.33 Å². The molecule has 2 N–H and O–H groups in total. The lowest BCUT2D eigenvalue weighted by Crippen LogP contribution is -2.32. The second-order valence-corrected chi connectivity index (χ2v) is 2.92. The van der Waals surface area contributed by atoms with Gasteiger partial charge in [-0.1, -0.05) is 28.1 Å². The molecule has 0 saturated heterocycles. The topological polar surface area (TPSA) is 40.5 Å². The van der Waals surface area contributed by atoms with Crippen molar-refractivity contribution >= 4 is 28.5 Å². The maximum absolute atomic E-state index is 12.9. The molecule has 1 rings (SSSR count). The Hall–Kier alpha value is -0.385. The van der Waals surface area contributed by atoms with Crippen LogP contribution >= 0.6 is 15.9 Å². The van der Waals surface area contributed by atoms with Crippen LogP contribution in [0.15, 0.2) is 18.2 Å². The molecule has 0 radical (unpaired) electrons. The monoisotopic (exact) mass is 232 g/mol. The number of hydrogen-bond acceptors (Lipinski definition) is 2. The van der Waals surface area contributed by atoms with E-state index in [0.29, 0.717) is 5.33 Å². The largest absolute Gasteiger partial charge is 0.491 e. The molecule has 1 aromatic rings. The van der Waals surface area contributed by atoms with E-state index in [4.69, 9.17) is 10.0 Å². The lowest BCUT2D eigenvalue weighted by molar-refractivity contribution is 0.423. The predicted molar refractivity (Wildman–Crippen MR) is 48.9 cm³/mol. The molecule has 0 saturated carbocycles. The van der Waals surface area contributed by atoms with Crippen LogP contribution in [0.3, 0.4) is 0 Å². The van der Waals surface area contributed by atoms with Crippen molar-refractivity contribution in [2.24, 2.45) is 0 Å². The van der Waals surface area contributed by atoms with E-state index >= 15 is 0 Å². The van der Waals surface area contributed by atoms with E-state index in [1.165, 1.54) is 12.1 Å². The molecule has 0 aliphatic heterocycles. The SMILES string of the molecule is OB(O)c1ccc(CBr)cc1F. The van der Waals surface area contributed by atoms with E-state index < -0.39 is 12.9 Å². The Morgan fingerprint density at radius 1 is 1.42 bits per heavy atom. The fraction of sp³-hybridized carbons (Fsp3) is 0.143. The maximum atomic E-state index is 12.9. The smallest absolute Gasteiger partial charge is 0.423 e. The minimum atomic E-state index is -1.74. The first-order chi connectivity index (χ1) is 5.65. The van der Waals surface area contributed by atoms with Crippen LogP contribution in [0.2, 0.25) is 0 Å². The highest BCUT2D eigenvalue weighted by Gasteiger charge is 2.15. The fourth-order valence-corrected chi connectivity index (χ4v) is 1.21. The van der Waals surface area contributed by atoms with Gasteiger partial charge in [0, 0.05) is 10.8 Å². The third kappa shape index (κ3) is 2.06. The zero-order chi connectivity index (χ0) is 9.14. The van der Waals surface area contributed by atoms with E-state index in [0.717, 1.165) is 5.56 Å². The summed E-state index contributed by atoms with van der Waals surface area (Å²) in [6.07, 6.45) is 0. The van der Waals surface area contributed by atoms with E-state index in [1.807, 2.05) is 0 Å². The van der Waals surface area contributed by atoms with Crippen LogP contribution in [0.1, 0.15) is 5.56 Å². The molecule has 0 heterocycles. The molecular weight excluding hydrogens is 226 g/mol. The van der Waals surface area contributed by atoms with Gasteiger partial charge in [-0.05, 0) is 11.6 Å². The van der Waals surface area contributed by atoms with Crippen LogP contribution < -0.4 is 5.46 Å².